The largest absolute Gasteiger partial charge is 0.497 e. The molecule has 0 radical (unpaired) electrons. The van der Waals surface area contributed by atoms with Crippen LogP contribution < -0.4 is 20.3 Å². The SMILES string of the molecule is COc1cccc(CNNC(=O)CN2Cc3ccccc3OC2c2ccc([N+](=O)[O-])cc2)c1. The second kappa shape index (κ2) is 10.1. The number of nitrogens with one attached hydrogen (secondary N) is 2. The van der Waals surface area contributed by atoms with E-state index in [1.807, 2.05) is 53.4 Å². The minimum atomic E-state index is -0.551. The Morgan fingerprint density at radius 2 is 1.94 bits per heavy atom. The Kier molecular flexibility index (Phi) is 6.82. The summed E-state index contributed by atoms with van der Waals surface area (Å²) >= 11 is 0. The monoisotopic (exact) mass is 448 g/mol. The molecule has 3 aromatic rings. The van der Waals surface area contributed by atoms with Crippen molar-refractivity contribution in [3.8, 4) is 11.5 Å². The predicted molar refractivity (Wildman–Crippen MR) is 121 cm³/mol. The van der Waals surface area contributed by atoms with E-state index < -0.39 is 11.2 Å². The van der Waals surface area contributed by atoms with Gasteiger partial charge in [-0.15, -0.1) is 0 Å². The maximum absolute atomic E-state index is 12.7. The van der Waals surface area contributed by atoms with Gasteiger partial charge in [0.2, 0.25) is 5.91 Å². The summed E-state index contributed by atoms with van der Waals surface area (Å²) in [5.41, 5.74) is 8.32. The van der Waals surface area contributed by atoms with E-state index in [4.69, 9.17) is 9.47 Å². The van der Waals surface area contributed by atoms with Crippen LogP contribution in [0, 0.1) is 10.1 Å². The zero-order valence-electron chi connectivity index (χ0n) is 18.1. The van der Waals surface area contributed by atoms with Gasteiger partial charge in [-0.05, 0) is 35.9 Å². The average Bonchev–Trinajstić information content (AvgIpc) is 2.84. The van der Waals surface area contributed by atoms with E-state index in [0.29, 0.717) is 13.1 Å². The molecule has 4 rings (SSSR count). The lowest BCUT2D eigenvalue weighted by molar-refractivity contribution is -0.384. The lowest BCUT2D eigenvalue weighted by Crippen LogP contribution is -2.46. The van der Waals surface area contributed by atoms with Crippen molar-refractivity contribution in [1.29, 1.82) is 0 Å². The van der Waals surface area contributed by atoms with Gasteiger partial charge in [0, 0.05) is 36.3 Å². The fourth-order valence-corrected chi connectivity index (χ4v) is 3.68. The number of amides is 1. The minimum Gasteiger partial charge on any atom is -0.497 e. The first kappa shape index (κ1) is 22.3. The van der Waals surface area contributed by atoms with Gasteiger partial charge in [0.15, 0.2) is 6.23 Å². The number of carbonyl (C=O) groups excluding carboxylic acids is 1. The topological polar surface area (TPSA) is 106 Å². The number of nitro groups is 1. The molecule has 2 N–H and O–H groups in total. The van der Waals surface area contributed by atoms with Crippen molar-refractivity contribution in [3.05, 3.63) is 99.6 Å². The maximum Gasteiger partial charge on any atom is 0.269 e. The number of hydrogen-bond acceptors (Lipinski definition) is 7. The molecule has 0 spiro atoms. The van der Waals surface area contributed by atoms with Gasteiger partial charge >= 0.3 is 0 Å². The Hall–Kier alpha value is -3.95. The molecule has 0 saturated carbocycles. The number of hydrogen-bond donors (Lipinski definition) is 2. The van der Waals surface area contributed by atoms with Gasteiger partial charge in [-0.3, -0.25) is 25.2 Å². The molecular formula is C24H24N4O5. The van der Waals surface area contributed by atoms with Crippen LogP contribution in [0.4, 0.5) is 5.69 Å². The van der Waals surface area contributed by atoms with Gasteiger partial charge in [0.05, 0.1) is 18.6 Å². The van der Waals surface area contributed by atoms with E-state index in [2.05, 4.69) is 10.9 Å². The molecule has 33 heavy (non-hydrogen) atoms. The van der Waals surface area contributed by atoms with Gasteiger partial charge in [-0.2, -0.15) is 0 Å². The number of carbonyl (C=O) groups is 1. The Morgan fingerprint density at radius 1 is 1.15 bits per heavy atom. The molecule has 0 aromatic heterocycles. The van der Waals surface area contributed by atoms with Crippen LogP contribution in [0.25, 0.3) is 0 Å². The van der Waals surface area contributed by atoms with Crippen LogP contribution in [0.2, 0.25) is 0 Å². The van der Waals surface area contributed by atoms with E-state index in [1.165, 1.54) is 12.1 Å². The first-order valence-electron chi connectivity index (χ1n) is 10.4. The lowest BCUT2D eigenvalue weighted by atomic mass is 10.1. The molecule has 170 valence electrons. The summed E-state index contributed by atoms with van der Waals surface area (Å²) in [6.45, 7) is 1.01. The van der Waals surface area contributed by atoms with E-state index >= 15 is 0 Å². The molecule has 9 heteroatoms. The first-order chi connectivity index (χ1) is 16.0. The summed E-state index contributed by atoms with van der Waals surface area (Å²) in [4.78, 5) is 25.1. The first-order valence-corrected chi connectivity index (χ1v) is 10.4. The van der Waals surface area contributed by atoms with E-state index in [1.54, 1.807) is 19.2 Å². The van der Waals surface area contributed by atoms with E-state index in [0.717, 1.165) is 28.2 Å². The fourth-order valence-electron chi connectivity index (χ4n) is 3.68. The molecule has 0 fully saturated rings. The highest BCUT2D eigenvalue weighted by atomic mass is 16.6. The van der Waals surface area contributed by atoms with Crippen LogP contribution in [0.5, 0.6) is 11.5 Å². The molecular weight excluding hydrogens is 424 g/mol. The number of benzene rings is 3. The number of hydrazine groups is 1. The van der Waals surface area contributed by atoms with Crippen LogP contribution >= 0.6 is 0 Å². The lowest BCUT2D eigenvalue weighted by Gasteiger charge is -2.36. The van der Waals surface area contributed by atoms with Gasteiger partial charge in [-0.25, -0.2) is 5.43 Å². The molecule has 0 saturated heterocycles. The number of fused-ring (bicyclic) bond motifs is 1. The Bertz CT molecular complexity index is 1140. The highest BCUT2D eigenvalue weighted by Crippen LogP contribution is 2.35. The van der Waals surface area contributed by atoms with Crippen LogP contribution in [0.3, 0.4) is 0 Å². The summed E-state index contributed by atoms with van der Waals surface area (Å²) in [6.07, 6.45) is -0.551. The minimum absolute atomic E-state index is 0.000921. The fraction of sp³-hybridized carbons (Fsp3) is 0.208. The second-order valence-corrected chi connectivity index (χ2v) is 7.58. The maximum atomic E-state index is 12.7. The van der Waals surface area contributed by atoms with Crippen LogP contribution in [-0.2, 0) is 17.9 Å². The number of nitro benzene ring substituents is 1. The standard InChI is InChI=1S/C24H24N4O5/c1-32-21-7-4-5-17(13-21)14-25-26-23(29)16-27-15-19-6-2-3-8-22(19)33-24(27)18-9-11-20(12-10-18)28(30)31/h2-13,24-25H,14-16H2,1H3,(H,26,29). The molecule has 0 bridgehead atoms. The van der Waals surface area contributed by atoms with Crippen molar-refractivity contribution in [2.75, 3.05) is 13.7 Å². The number of ether oxygens (including phenoxy) is 2. The quantitative estimate of drug-likeness (QED) is 0.402. The van der Waals surface area contributed by atoms with Gasteiger partial charge in [0.1, 0.15) is 11.5 Å². The zero-order chi connectivity index (χ0) is 23.2. The van der Waals surface area contributed by atoms with Crippen LogP contribution in [0.15, 0.2) is 72.8 Å². The van der Waals surface area contributed by atoms with Gasteiger partial charge < -0.3 is 9.47 Å². The Labute approximate surface area is 191 Å². The van der Waals surface area contributed by atoms with Crippen LogP contribution in [-0.4, -0.2) is 29.4 Å². The van der Waals surface area contributed by atoms with Crippen LogP contribution in [0.1, 0.15) is 22.9 Å². The molecule has 1 heterocycles. The third kappa shape index (κ3) is 5.46. The molecule has 3 aromatic carbocycles. The third-order valence-electron chi connectivity index (χ3n) is 5.31. The predicted octanol–water partition coefficient (Wildman–Crippen LogP) is 3.32. The second-order valence-electron chi connectivity index (χ2n) is 7.58. The number of non-ortho nitro benzene ring substituents is 1. The van der Waals surface area contributed by atoms with Gasteiger partial charge in [0.25, 0.3) is 5.69 Å². The number of rotatable bonds is 8. The molecule has 1 unspecified atom stereocenters. The molecule has 1 atom stereocenters. The van der Waals surface area contributed by atoms with Gasteiger partial charge in [-0.1, -0.05) is 30.3 Å². The Morgan fingerprint density at radius 3 is 2.70 bits per heavy atom. The highest BCUT2D eigenvalue weighted by molar-refractivity contribution is 5.77. The number of para-hydroxylation sites is 1. The van der Waals surface area contributed by atoms with E-state index in [9.17, 15) is 14.9 Å². The molecule has 9 nitrogen and oxygen atoms in total. The van der Waals surface area contributed by atoms with Crippen molar-refractivity contribution in [2.45, 2.75) is 19.3 Å². The summed E-state index contributed by atoms with van der Waals surface area (Å²) < 4.78 is 11.4. The summed E-state index contributed by atoms with van der Waals surface area (Å²) in [5.74, 6) is 1.25. The zero-order valence-corrected chi connectivity index (χ0v) is 18.1. The highest BCUT2D eigenvalue weighted by Gasteiger charge is 2.30. The smallest absolute Gasteiger partial charge is 0.269 e. The summed E-state index contributed by atoms with van der Waals surface area (Å²) in [6, 6.07) is 21.4. The normalized spacial score (nSPS) is 15.2. The van der Waals surface area contributed by atoms with E-state index in [-0.39, 0.29) is 18.1 Å². The van der Waals surface area contributed by atoms with Crippen molar-refractivity contribution < 1.29 is 19.2 Å². The third-order valence-corrected chi connectivity index (χ3v) is 5.31. The van der Waals surface area contributed by atoms with Crippen molar-refractivity contribution >= 4 is 11.6 Å². The molecule has 1 aliphatic heterocycles. The molecule has 1 amide bonds. The average molecular weight is 448 g/mol. The van der Waals surface area contributed by atoms with Crippen molar-refractivity contribution in [2.24, 2.45) is 0 Å². The summed E-state index contributed by atoms with van der Waals surface area (Å²) in [7, 11) is 1.61. The number of nitrogens with zero attached hydrogens (tertiary/aromatic N) is 2. The number of methoxy groups -OCH3 is 1. The molecule has 0 aliphatic carbocycles. The van der Waals surface area contributed by atoms with Crippen molar-refractivity contribution in [3.63, 3.8) is 0 Å². The van der Waals surface area contributed by atoms with Crippen molar-refractivity contribution in [1.82, 2.24) is 15.8 Å². The molecule has 1 aliphatic rings. The summed E-state index contributed by atoms with van der Waals surface area (Å²) in [5, 5.41) is 11.0. The Balaban J connectivity index is 1.43.